The molecule has 1 aromatic heterocycles. The Morgan fingerprint density at radius 1 is 1.06 bits per heavy atom. The van der Waals surface area contributed by atoms with E-state index in [1.807, 2.05) is 36.5 Å². The summed E-state index contributed by atoms with van der Waals surface area (Å²) in [6, 6.07) is 14.1. The number of hydrogen-bond acceptors (Lipinski definition) is 4. The minimum absolute atomic E-state index is 0.0412. The van der Waals surface area contributed by atoms with Crippen LogP contribution in [-0.4, -0.2) is 57.1 Å². The van der Waals surface area contributed by atoms with E-state index in [1.165, 1.54) is 4.90 Å². The number of ether oxygens (including phenoxy) is 3. The van der Waals surface area contributed by atoms with E-state index in [-0.39, 0.29) is 18.6 Å². The maximum atomic E-state index is 13.0. The maximum absolute atomic E-state index is 13.0. The van der Waals surface area contributed by atoms with Gasteiger partial charge in [0.25, 0.3) is 0 Å². The van der Waals surface area contributed by atoms with Gasteiger partial charge in [0.2, 0.25) is 12.7 Å². The average Bonchev–Trinajstić information content (AvgIpc) is 3.45. The third-order valence-corrected chi connectivity index (χ3v) is 6.19. The highest BCUT2D eigenvalue weighted by Crippen LogP contribution is 2.43. The Morgan fingerprint density at radius 3 is 2.84 bits per heavy atom. The van der Waals surface area contributed by atoms with Crippen LogP contribution in [0.15, 0.2) is 48.7 Å². The number of morpholine rings is 1. The number of aromatic nitrogens is 1. The van der Waals surface area contributed by atoms with Crippen LogP contribution in [0.2, 0.25) is 0 Å². The van der Waals surface area contributed by atoms with Crippen molar-refractivity contribution in [2.75, 3.05) is 46.2 Å². The summed E-state index contributed by atoms with van der Waals surface area (Å²) in [6.07, 6.45) is 2.36. The number of fused-ring (bicyclic) bond motifs is 2. The van der Waals surface area contributed by atoms with Gasteiger partial charge >= 0.3 is 0 Å². The van der Waals surface area contributed by atoms with Gasteiger partial charge in [-0.05, 0) is 17.7 Å². The van der Waals surface area contributed by atoms with E-state index >= 15 is 0 Å². The molecule has 3 N–H and O–H groups in total. The number of amides is 1. The zero-order valence-corrected chi connectivity index (χ0v) is 17.5. The molecule has 162 valence electrons. The van der Waals surface area contributed by atoms with Crippen molar-refractivity contribution in [3.8, 4) is 11.5 Å². The highest BCUT2D eigenvalue weighted by Gasteiger charge is 2.28. The quantitative estimate of drug-likeness (QED) is 0.539. The second-order valence-corrected chi connectivity index (χ2v) is 8.09. The van der Waals surface area contributed by atoms with E-state index in [4.69, 9.17) is 14.2 Å². The summed E-state index contributed by atoms with van der Waals surface area (Å²) >= 11 is 0. The van der Waals surface area contributed by atoms with Gasteiger partial charge in [-0.1, -0.05) is 30.3 Å². The monoisotopic (exact) mass is 422 g/mol. The Bertz CT molecular complexity index is 1060. The summed E-state index contributed by atoms with van der Waals surface area (Å²) in [4.78, 5) is 17.8. The molecule has 5 rings (SSSR count). The van der Waals surface area contributed by atoms with E-state index in [0.29, 0.717) is 13.0 Å². The molecule has 1 fully saturated rings. The van der Waals surface area contributed by atoms with Crippen molar-refractivity contribution in [1.29, 1.82) is 0 Å². The first-order valence-electron chi connectivity index (χ1n) is 10.9. The SMILES string of the molecule is O=C(C[C@H](c1cccc2c1OCO2)c1c[nH]c2ccccc12)NCC[NH+]1CCOCC1. The predicted octanol–water partition coefficient (Wildman–Crippen LogP) is 1.45. The zero-order chi connectivity index (χ0) is 21.0. The summed E-state index contributed by atoms with van der Waals surface area (Å²) in [5, 5.41) is 4.25. The van der Waals surface area contributed by atoms with Gasteiger partial charge in [-0.2, -0.15) is 0 Å². The molecule has 1 atom stereocenters. The molecular formula is C24H28N3O4+. The molecule has 2 aromatic carbocycles. The van der Waals surface area contributed by atoms with Gasteiger partial charge in [0.05, 0.1) is 26.3 Å². The number of para-hydroxylation sites is 2. The van der Waals surface area contributed by atoms with E-state index in [1.54, 1.807) is 0 Å². The molecule has 1 amide bonds. The molecule has 2 aliphatic rings. The normalized spacial score (nSPS) is 17.0. The Hall–Kier alpha value is -3.03. The van der Waals surface area contributed by atoms with Crippen LogP contribution in [0.4, 0.5) is 0 Å². The van der Waals surface area contributed by atoms with Crippen molar-refractivity contribution in [2.24, 2.45) is 0 Å². The average molecular weight is 423 g/mol. The third-order valence-electron chi connectivity index (χ3n) is 6.19. The number of carbonyl (C=O) groups is 1. The lowest BCUT2D eigenvalue weighted by Crippen LogP contribution is -3.14. The molecule has 0 aliphatic carbocycles. The number of aromatic amines is 1. The first-order valence-corrected chi connectivity index (χ1v) is 10.9. The Kier molecular flexibility index (Phi) is 5.78. The van der Waals surface area contributed by atoms with Crippen molar-refractivity contribution in [1.82, 2.24) is 10.3 Å². The van der Waals surface area contributed by atoms with Crippen molar-refractivity contribution in [3.05, 3.63) is 59.8 Å². The number of H-pyrrole nitrogens is 1. The number of carbonyl (C=O) groups excluding carboxylic acids is 1. The highest BCUT2D eigenvalue weighted by molar-refractivity contribution is 5.86. The fourth-order valence-electron chi connectivity index (χ4n) is 4.54. The molecule has 0 spiro atoms. The number of nitrogens with one attached hydrogen (secondary N) is 3. The Morgan fingerprint density at radius 2 is 1.94 bits per heavy atom. The van der Waals surface area contributed by atoms with E-state index in [9.17, 15) is 4.79 Å². The third kappa shape index (κ3) is 4.24. The molecule has 7 heteroatoms. The number of quaternary nitrogens is 1. The van der Waals surface area contributed by atoms with Gasteiger partial charge in [-0.3, -0.25) is 4.79 Å². The second-order valence-electron chi connectivity index (χ2n) is 8.09. The molecule has 0 saturated carbocycles. The first-order chi connectivity index (χ1) is 15.3. The van der Waals surface area contributed by atoms with Gasteiger partial charge in [0.1, 0.15) is 13.1 Å². The maximum Gasteiger partial charge on any atom is 0.231 e. The first kappa shape index (κ1) is 19.9. The van der Waals surface area contributed by atoms with Gasteiger partial charge in [0.15, 0.2) is 11.5 Å². The summed E-state index contributed by atoms with van der Waals surface area (Å²) in [6.45, 7) is 5.40. The number of hydrogen-bond donors (Lipinski definition) is 3. The van der Waals surface area contributed by atoms with Crippen LogP contribution in [0.5, 0.6) is 11.5 Å². The lowest BCUT2D eigenvalue weighted by molar-refractivity contribution is -0.906. The topological polar surface area (TPSA) is 77.0 Å². The Labute approximate surface area is 181 Å². The van der Waals surface area contributed by atoms with E-state index < -0.39 is 0 Å². The fourth-order valence-corrected chi connectivity index (χ4v) is 4.54. The van der Waals surface area contributed by atoms with Crippen molar-refractivity contribution >= 4 is 16.8 Å². The van der Waals surface area contributed by atoms with Gasteiger partial charge < -0.3 is 29.4 Å². The van der Waals surface area contributed by atoms with Gasteiger partial charge in [0, 0.05) is 35.0 Å². The van der Waals surface area contributed by atoms with Gasteiger partial charge in [-0.25, -0.2) is 0 Å². The minimum Gasteiger partial charge on any atom is -0.454 e. The smallest absolute Gasteiger partial charge is 0.231 e. The summed E-state index contributed by atoms with van der Waals surface area (Å²) < 4.78 is 16.8. The molecule has 1 saturated heterocycles. The van der Waals surface area contributed by atoms with E-state index in [0.717, 1.165) is 66.4 Å². The van der Waals surface area contributed by atoms with Gasteiger partial charge in [-0.15, -0.1) is 0 Å². The van der Waals surface area contributed by atoms with Crippen LogP contribution in [0.3, 0.4) is 0 Å². The molecular weight excluding hydrogens is 394 g/mol. The zero-order valence-electron chi connectivity index (χ0n) is 17.5. The van der Waals surface area contributed by atoms with Crippen LogP contribution < -0.4 is 19.7 Å². The Balaban J connectivity index is 1.37. The van der Waals surface area contributed by atoms with Crippen molar-refractivity contribution in [2.45, 2.75) is 12.3 Å². The highest BCUT2D eigenvalue weighted by atomic mass is 16.7. The summed E-state index contributed by atoms with van der Waals surface area (Å²) in [5.74, 6) is 1.38. The molecule has 7 nitrogen and oxygen atoms in total. The molecule has 0 unspecified atom stereocenters. The second kappa shape index (κ2) is 8.99. The van der Waals surface area contributed by atoms with Crippen LogP contribution >= 0.6 is 0 Å². The van der Waals surface area contributed by atoms with Crippen molar-refractivity contribution < 1.29 is 23.9 Å². The number of rotatable bonds is 7. The van der Waals surface area contributed by atoms with Crippen LogP contribution in [0, 0.1) is 0 Å². The summed E-state index contributed by atoms with van der Waals surface area (Å²) in [7, 11) is 0. The lowest BCUT2D eigenvalue weighted by Gasteiger charge is -2.24. The van der Waals surface area contributed by atoms with Crippen molar-refractivity contribution in [3.63, 3.8) is 0 Å². The standard InChI is InChI=1S/C24H27N3O4/c28-23(25-8-9-27-10-12-29-13-11-27)14-19(18-5-3-7-22-24(18)31-16-30-22)20-15-26-21-6-2-1-4-17(20)21/h1-7,15,19,26H,8-14,16H2,(H,25,28)/p+1/t19-/m1/s1. The number of benzene rings is 2. The predicted molar refractivity (Wildman–Crippen MR) is 117 cm³/mol. The molecule has 3 aromatic rings. The molecule has 3 heterocycles. The largest absolute Gasteiger partial charge is 0.454 e. The van der Waals surface area contributed by atoms with Crippen LogP contribution in [-0.2, 0) is 9.53 Å². The molecule has 2 aliphatic heterocycles. The summed E-state index contributed by atoms with van der Waals surface area (Å²) in [5.41, 5.74) is 3.13. The lowest BCUT2D eigenvalue weighted by atomic mass is 9.87. The molecule has 0 bridgehead atoms. The fraction of sp³-hybridized carbons (Fsp3) is 0.375. The minimum atomic E-state index is -0.136. The van der Waals surface area contributed by atoms with Crippen LogP contribution in [0.25, 0.3) is 10.9 Å². The molecule has 0 radical (unpaired) electrons. The van der Waals surface area contributed by atoms with Crippen LogP contribution in [0.1, 0.15) is 23.5 Å². The molecule has 31 heavy (non-hydrogen) atoms. The van der Waals surface area contributed by atoms with E-state index in [2.05, 4.69) is 22.4 Å².